The third-order valence-corrected chi connectivity index (χ3v) is 3.98. The highest BCUT2D eigenvalue weighted by Gasteiger charge is 2.56. The van der Waals surface area contributed by atoms with Gasteiger partial charge in [-0.25, -0.2) is 0 Å². The molecule has 2 saturated carbocycles. The molecule has 2 rings (SSSR count). The molecule has 2 nitrogen and oxygen atoms in total. The van der Waals surface area contributed by atoms with E-state index in [1.54, 1.807) is 0 Å². The van der Waals surface area contributed by atoms with E-state index < -0.39 is 0 Å². The van der Waals surface area contributed by atoms with E-state index in [9.17, 15) is 4.79 Å². The predicted octanol–water partition coefficient (Wildman–Crippen LogP) is 1.96. The molecule has 0 spiro atoms. The highest BCUT2D eigenvalue weighted by atomic mass is 35.5. The zero-order chi connectivity index (χ0) is 8.77. The number of methoxy groups -OCH3 is 1. The Kier molecular flexibility index (Phi) is 1.83. The monoisotopic (exact) mass is 188 g/mol. The summed E-state index contributed by atoms with van der Waals surface area (Å²) < 4.78 is 4.80. The lowest BCUT2D eigenvalue weighted by atomic mass is 9.84. The van der Waals surface area contributed by atoms with Gasteiger partial charge in [0.15, 0.2) is 0 Å². The van der Waals surface area contributed by atoms with Crippen LogP contribution in [-0.2, 0) is 9.53 Å². The molecule has 68 valence electrons. The molecule has 3 heteroatoms. The van der Waals surface area contributed by atoms with Crippen LogP contribution < -0.4 is 0 Å². The third-order valence-electron chi connectivity index (χ3n) is 3.38. The molecule has 12 heavy (non-hydrogen) atoms. The number of ether oxygens (including phenoxy) is 1. The van der Waals surface area contributed by atoms with Crippen LogP contribution in [0.25, 0.3) is 0 Å². The summed E-state index contributed by atoms with van der Waals surface area (Å²) in [4.78, 5) is 11.5. The first-order chi connectivity index (χ1) is 5.69. The lowest BCUT2D eigenvalue weighted by molar-refractivity contribution is -0.151. The van der Waals surface area contributed by atoms with Crippen molar-refractivity contribution in [2.45, 2.75) is 31.1 Å². The second-order valence-corrected chi connectivity index (χ2v) is 4.49. The highest BCUT2D eigenvalue weighted by Crippen LogP contribution is 2.56. The van der Waals surface area contributed by atoms with Gasteiger partial charge in [0.1, 0.15) is 0 Å². The smallest absolute Gasteiger partial charge is 0.313 e. The SMILES string of the molecule is COC(=O)[C@@]12CC[C@@H](C[C@H]1Cl)C2. The minimum atomic E-state index is -0.318. The maximum Gasteiger partial charge on any atom is 0.313 e. The quantitative estimate of drug-likeness (QED) is 0.465. The van der Waals surface area contributed by atoms with E-state index in [1.165, 1.54) is 7.11 Å². The molecule has 2 aliphatic carbocycles. The minimum Gasteiger partial charge on any atom is -0.469 e. The third kappa shape index (κ3) is 0.905. The molecule has 0 heterocycles. The number of esters is 1. The number of alkyl halides is 1. The average molecular weight is 189 g/mol. The molecule has 0 aromatic carbocycles. The summed E-state index contributed by atoms with van der Waals surface area (Å²) in [7, 11) is 1.45. The number of carbonyl (C=O) groups excluding carboxylic acids is 1. The Morgan fingerprint density at radius 2 is 2.42 bits per heavy atom. The van der Waals surface area contributed by atoms with Crippen LogP contribution in [0.3, 0.4) is 0 Å². The summed E-state index contributed by atoms with van der Waals surface area (Å²) in [5.74, 6) is 0.578. The number of fused-ring (bicyclic) bond motifs is 2. The first-order valence-electron chi connectivity index (χ1n) is 4.41. The highest BCUT2D eigenvalue weighted by molar-refractivity contribution is 6.23. The van der Waals surface area contributed by atoms with E-state index >= 15 is 0 Å². The zero-order valence-electron chi connectivity index (χ0n) is 7.18. The predicted molar refractivity (Wildman–Crippen MR) is 46.0 cm³/mol. The van der Waals surface area contributed by atoms with Crippen molar-refractivity contribution in [2.24, 2.45) is 11.3 Å². The Morgan fingerprint density at radius 3 is 2.83 bits per heavy atom. The van der Waals surface area contributed by atoms with Crippen molar-refractivity contribution in [1.82, 2.24) is 0 Å². The fraction of sp³-hybridized carbons (Fsp3) is 0.889. The van der Waals surface area contributed by atoms with E-state index in [2.05, 4.69) is 0 Å². The Hall–Kier alpha value is -0.240. The lowest BCUT2D eigenvalue weighted by Gasteiger charge is -2.27. The van der Waals surface area contributed by atoms with Crippen LogP contribution in [0.1, 0.15) is 25.7 Å². The molecule has 0 amide bonds. The summed E-state index contributed by atoms with van der Waals surface area (Å²) in [6.07, 6.45) is 4.03. The van der Waals surface area contributed by atoms with Crippen LogP contribution in [0.2, 0.25) is 0 Å². The Balaban J connectivity index is 2.23. The van der Waals surface area contributed by atoms with Gasteiger partial charge in [0.25, 0.3) is 0 Å². The normalized spacial score (nSPS) is 44.8. The van der Waals surface area contributed by atoms with E-state index in [0.29, 0.717) is 5.92 Å². The van der Waals surface area contributed by atoms with Crippen molar-refractivity contribution in [2.75, 3.05) is 7.11 Å². The second kappa shape index (κ2) is 2.63. The van der Waals surface area contributed by atoms with Crippen LogP contribution >= 0.6 is 11.6 Å². The molecule has 0 saturated heterocycles. The van der Waals surface area contributed by atoms with Crippen molar-refractivity contribution < 1.29 is 9.53 Å². The number of hydrogen-bond donors (Lipinski definition) is 0. The van der Waals surface area contributed by atoms with Crippen LogP contribution in [-0.4, -0.2) is 18.5 Å². The summed E-state index contributed by atoms with van der Waals surface area (Å²) in [5.41, 5.74) is -0.318. The summed E-state index contributed by atoms with van der Waals surface area (Å²) >= 11 is 6.14. The molecule has 2 fully saturated rings. The van der Waals surface area contributed by atoms with E-state index in [-0.39, 0.29) is 16.8 Å². The van der Waals surface area contributed by atoms with Gasteiger partial charge in [-0.2, -0.15) is 0 Å². The van der Waals surface area contributed by atoms with Gasteiger partial charge in [-0.1, -0.05) is 0 Å². The molecule has 0 radical (unpaired) electrons. The molecular formula is C9H13ClO2. The minimum absolute atomic E-state index is 0.0173. The zero-order valence-corrected chi connectivity index (χ0v) is 7.93. The number of hydrogen-bond acceptors (Lipinski definition) is 2. The molecular weight excluding hydrogens is 176 g/mol. The Labute approximate surface area is 77.2 Å². The standard InChI is InChI=1S/C9H13ClO2/c1-12-8(11)9-3-2-6(5-9)4-7(9)10/h6-7H,2-5H2,1H3/t6-,7+,9+/m0/s1. The number of rotatable bonds is 1. The van der Waals surface area contributed by atoms with Crippen LogP contribution in [0, 0.1) is 11.3 Å². The second-order valence-electron chi connectivity index (χ2n) is 3.96. The average Bonchev–Trinajstić information content (AvgIpc) is 2.60. The van der Waals surface area contributed by atoms with Crippen LogP contribution in [0.15, 0.2) is 0 Å². The van der Waals surface area contributed by atoms with Gasteiger partial charge in [0, 0.05) is 5.38 Å². The molecule has 0 aromatic heterocycles. The van der Waals surface area contributed by atoms with E-state index in [1.807, 2.05) is 0 Å². The maximum absolute atomic E-state index is 11.5. The molecule has 0 aromatic rings. The topological polar surface area (TPSA) is 26.3 Å². The van der Waals surface area contributed by atoms with Crippen molar-refractivity contribution in [3.8, 4) is 0 Å². The maximum atomic E-state index is 11.5. The number of carbonyl (C=O) groups is 1. The van der Waals surface area contributed by atoms with Gasteiger partial charge in [0.05, 0.1) is 12.5 Å². The van der Waals surface area contributed by atoms with E-state index in [0.717, 1.165) is 25.7 Å². The van der Waals surface area contributed by atoms with Crippen LogP contribution in [0.5, 0.6) is 0 Å². The van der Waals surface area contributed by atoms with Gasteiger partial charge in [-0.05, 0) is 31.6 Å². The molecule has 3 atom stereocenters. The molecule has 0 aliphatic heterocycles. The first-order valence-corrected chi connectivity index (χ1v) is 4.85. The first kappa shape index (κ1) is 8.36. The molecule has 0 unspecified atom stereocenters. The fourth-order valence-corrected chi connectivity index (χ4v) is 3.24. The summed E-state index contributed by atoms with van der Waals surface area (Å²) in [6, 6.07) is 0. The Morgan fingerprint density at radius 1 is 1.67 bits per heavy atom. The van der Waals surface area contributed by atoms with Crippen molar-refractivity contribution >= 4 is 17.6 Å². The van der Waals surface area contributed by atoms with Gasteiger partial charge < -0.3 is 4.74 Å². The molecule has 2 bridgehead atoms. The van der Waals surface area contributed by atoms with Gasteiger partial charge in [-0.3, -0.25) is 4.79 Å². The van der Waals surface area contributed by atoms with E-state index in [4.69, 9.17) is 16.3 Å². The lowest BCUT2D eigenvalue weighted by Crippen LogP contribution is -2.35. The summed E-state index contributed by atoms with van der Waals surface area (Å²) in [6.45, 7) is 0. The molecule has 2 aliphatic rings. The molecule has 0 N–H and O–H groups in total. The summed E-state index contributed by atoms with van der Waals surface area (Å²) in [5, 5.41) is 0.0173. The van der Waals surface area contributed by atoms with Crippen molar-refractivity contribution in [1.29, 1.82) is 0 Å². The van der Waals surface area contributed by atoms with Crippen molar-refractivity contribution in [3.63, 3.8) is 0 Å². The van der Waals surface area contributed by atoms with Crippen LogP contribution in [0.4, 0.5) is 0 Å². The Bertz CT molecular complexity index is 217. The van der Waals surface area contributed by atoms with Gasteiger partial charge in [0.2, 0.25) is 0 Å². The fourth-order valence-electron chi connectivity index (χ4n) is 2.70. The van der Waals surface area contributed by atoms with Crippen molar-refractivity contribution in [3.05, 3.63) is 0 Å². The number of halogens is 1. The van der Waals surface area contributed by atoms with Gasteiger partial charge in [-0.15, -0.1) is 11.6 Å². The largest absolute Gasteiger partial charge is 0.469 e. The van der Waals surface area contributed by atoms with Gasteiger partial charge >= 0.3 is 5.97 Å².